The van der Waals surface area contributed by atoms with E-state index in [1.54, 1.807) is 0 Å². The number of aliphatic hydroxyl groups is 1. The predicted molar refractivity (Wildman–Crippen MR) is 91.1 cm³/mol. The van der Waals surface area contributed by atoms with Crippen molar-refractivity contribution in [1.29, 1.82) is 0 Å². The number of allylic oxidation sites excluding steroid dienone is 5. The Morgan fingerprint density at radius 3 is 2.57 bits per heavy atom. The van der Waals surface area contributed by atoms with Gasteiger partial charge in [0, 0.05) is 5.41 Å². The van der Waals surface area contributed by atoms with E-state index in [9.17, 15) is 5.11 Å². The number of fused-ring (bicyclic) bond motifs is 1. The molecule has 4 atom stereocenters. The first-order chi connectivity index (χ1) is 9.84. The van der Waals surface area contributed by atoms with Crippen LogP contribution in [0.1, 0.15) is 66.2 Å². The van der Waals surface area contributed by atoms with Gasteiger partial charge in [0.1, 0.15) is 0 Å². The second-order valence-corrected chi connectivity index (χ2v) is 7.70. The van der Waals surface area contributed by atoms with Gasteiger partial charge in [-0.05, 0) is 71.1 Å². The molecular formula is C20H32O. The smallest absolute Gasteiger partial charge is 0.0605 e. The predicted octanol–water partition coefficient (Wildman–Crippen LogP) is 5.42. The average Bonchev–Trinajstić information content (AvgIpc) is 2.65. The van der Waals surface area contributed by atoms with Crippen molar-refractivity contribution in [3.63, 3.8) is 0 Å². The molecule has 0 aromatic rings. The largest absolute Gasteiger partial charge is 0.393 e. The minimum absolute atomic E-state index is 0.00942. The summed E-state index contributed by atoms with van der Waals surface area (Å²) in [5, 5.41) is 10.7. The van der Waals surface area contributed by atoms with Gasteiger partial charge in [0.2, 0.25) is 0 Å². The lowest BCUT2D eigenvalue weighted by atomic mass is 9.70. The molecule has 118 valence electrons. The number of aliphatic hydroxyl groups excluding tert-OH is 1. The third kappa shape index (κ3) is 3.51. The monoisotopic (exact) mass is 288 g/mol. The second-order valence-electron chi connectivity index (χ2n) is 7.70. The van der Waals surface area contributed by atoms with Crippen molar-refractivity contribution in [2.75, 3.05) is 0 Å². The molecule has 2 aliphatic rings. The highest BCUT2D eigenvalue weighted by molar-refractivity contribution is 5.15. The van der Waals surface area contributed by atoms with E-state index < -0.39 is 0 Å². The van der Waals surface area contributed by atoms with Gasteiger partial charge in [-0.3, -0.25) is 0 Å². The number of hydrogen-bond acceptors (Lipinski definition) is 1. The van der Waals surface area contributed by atoms with Crippen LogP contribution in [-0.2, 0) is 0 Å². The molecule has 0 bridgehead atoms. The molecule has 0 spiro atoms. The molecule has 0 saturated heterocycles. The summed E-state index contributed by atoms with van der Waals surface area (Å²) < 4.78 is 0. The minimum Gasteiger partial charge on any atom is -0.393 e. The molecule has 1 saturated carbocycles. The van der Waals surface area contributed by atoms with Crippen molar-refractivity contribution in [1.82, 2.24) is 0 Å². The molecule has 0 amide bonds. The van der Waals surface area contributed by atoms with Gasteiger partial charge in [0.05, 0.1) is 6.10 Å². The Hall–Kier alpha value is -0.820. The Morgan fingerprint density at radius 1 is 1.24 bits per heavy atom. The lowest BCUT2D eigenvalue weighted by Gasteiger charge is -2.36. The van der Waals surface area contributed by atoms with Gasteiger partial charge in [0.15, 0.2) is 0 Å². The first kappa shape index (κ1) is 16.5. The van der Waals surface area contributed by atoms with Crippen molar-refractivity contribution < 1.29 is 5.11 Å². The molecule has 21 heavy (non-hydrogen) atoms. The highest BCUT2D eigenvalue weighted by atomic mass is 16.3. The molecule has 2 rings (SSSR count). The fourth-order valence-electron chi connectivity index (χ4n) is 4.27. The molecule has 0 unspecified atom stereocenters. The van der Waals surface area contributed by atoms with Crippen LogP contribution in [0, 0.1) is 17.3 Å². The maximum Gasteiger partial charge on any atom is 0.0605 e. The SMILES string of the molecule is C=C(C)[C@H]1C[C@H](O)[C@]2(C)C/C=C(\C)CC/C=C(\C)CC[C@@H]12. The van der Waals surface area contributed by atoms with Gasteiger partial charge < -0.3 is 5.11 Å². The van der Waals surface area contributed by atoms with Crippen molar-refractivity contribution >= 4 is 0 Å². The van der Waals surface area contributed by atoms with Crippen LogP contribution in [0.2, 0.25) is 0 Å². The molecule has 1 heteroatoms. The zero-order valence-electron chi connectivity index (χ0n) is 14.3. The van der Waals surface area contributed by atoms with Crippen molar-refractivity contribution in [3.05, 3.63) is 35.5 Å². The van der Waals surface area contributed by atoms with Crippen LogP contribution in [0.15, 0.2) is 35.5 Å². The van der Waals surface area contributed by atoms with E-state index in [-0.39, 0.29) is 11.5 Å². The lowest BCUT2D eigenvalue weighted by molar-refractivity contribution is 0.0380. The first-order valence-corrected chi connectivity index (χ1v) is 8.49. The van der Waals surface area contributed by atoms with Gasteiger partial charge >= 0.3 is 0 Å². The molecule has 1 nitrogen and oxygen atoms in total. The Kier molecular flexibility index (Phi) is 5.14. The Balaban J connectivity index is 2.33. The van der Waals surface area contributed by atoms with E-state index in [0.29, 0.717) is 11.8 Å². The molecule has 0 heterocycles. The standard InChI is InChI=1S/C20H32O/c1-14(2)17-13-19(21)20(5)12-11-16(4)8-6-7-15(3)9-10-18(17)20/h7,11,17-19,21H,1,6,8-10,12-13H2,2-5H3/b15-7+,16-11+/t17-,18+,19+,20-/m1/s1. The highest BCUT2D eigenvalue weighted by Gasteiger charge is 2.50. The number of rotatable bonds is 1. The zero-order chi connectivity index (χ0) is 15.6. The summed E-state index contributed by atoms with van der Waals surface area (Å²) in [6.07, 6.45) is 11.1. The van der Waals surface area contributed by atoms with E-state index in [0.717, 1.165) is 32.1 Å². The summed E-state index contributed by atoms with van der Waals surface area (Å²) in [5.41, 5.74) is 4.23. The van der Waals surface area contributed by atoms with Crippen molar-refractivity contribution in [2.45, 2.75) is 72.3 Å². The van der Waals surface area contributed by atoms with Crippen LogP contribution >= 0.6 is 0 Å². The quantitative estimate of drug-likeness (QED) is 0.638. The van der Waals surface area contributed by atoms with Crippen LogP contribution in [0.4, 0.5) is 0 Å². The highest BCUT2D eigenvalue weighted by Crippen LogP contribution is 2.54. The maximum atomic E-state index is 10.7. The topological polar surface area (TPSA) is 20.2 Å². The summed E-state index contributed by atoms with van der Waals surface area (Å²) in [5.74, 6) is 1.03. The number of hydrogen-bond donors (Lipinski definition) is 1. The molecule has 1 fully saturated rings. The molecular weight excluding hydrogens is 256 g/mol. The molecule has 0 aromatic carbocycles. The molecule has 0 aromatic heterocycles. The van der Waals surface area contributed by atoms with E-state index >= 15 is 0 Å². The fraction of sp³-hybridized carbons (Fsp3) is 0.700. The summed E-state index contributed by atoms with van der Waals surface area (Å²) in [6, 6.07) is 0. The Morgan fingerprint density at radius 2 is 1.90 bits per heavy atom. The van der Waals surface area contributed by atoms with Crippen LogP contribution in [0.5, 0.6) is 0 Å². The van der Waals surface area contributed by atoms with E-state index in [1.165, 1.54) is 23.1 Å². The molecule has 1 N–H and O–H groups in total. The summed E-state index contributed by atoms with van der Waals surface area (Å²) in [6.45, 7) is 13.1. The van der Waals surface area contributed by atoms with E-state index in [2.05, 4.69) is 46.4 Å². The first-order valence-electron chi connectivity index (χ1n) is 8.49. The van der Waals surface area contributed by atoms with Gasteiger partial charge in [-0.1, -0.05) is 42.4 Å². The fourth-order valence-corrected chi connectivity index (χ4v) is 4.27. The van der Waals surface area contributed by atoms with Crippen molar-refractivity contribution in [3.8, 4) is 0 Å². The minimum atomic E-state index is -0.196. The Bertz CT molecular complexity index is 456. The third-order valence-corrected chi connectivity index (χ3v) is 5.98. The lowest BCUT2D eigenvalue weighted by Crippen LogP contribution is -2.33. The zero-order valence-corrected chi connectivity index (χ0v) is 14.3. The second kappa shape index (κ2) is 6.52. The van der Waals surface area contributed by atoms with Crippen LogP contribution in [0.3, 0.4) is 0 Å². The van der Waals surface area contributed by atoms with Gasteiger partial charge in [-0.25, -0.2) is 0 Å². The summed E-state index contributed by atoms with van der Waals surface area (Å²) in [7, 11) is 0. The van der Waals surface area contributed by atoms with Gasteiger partial charge in [-0.15, -0.1) is 0 Å². The molecule has 0 aliphatic heterocycles. The molecule has 0 radical (unpaired) electrons. The Labute approximate surface area is 130 Å². The van der Waals surface area contributed by atoms with Crippen LogP contribution < -0.4 is 0 Å². The van der Waals surface area contributed by atoms with Crippen LogP contribution in [0.25, 0.3) is 0 Å². The van der Waals surface area contributed by atoms with E-state index in [4.69, 9.17) is 0 Å². The maximum absolute atomic E-state index is 10.7. The van der Waals surface area contributed by atoms with Gasteiger partial charge in [-0.2, -0.15) is 0 Å². The summed E-state index contributed by atoms with van der Waals surface area (Å²) >= 11 is 0. The average molecular weight is 288 g/mol. The normalized spacial score (nSPS) is 43.0. The van der Waals surface area contributed by atoms with Gasteiger partial charge in [0.25, 0.3) is 0 Å². The van der Waals surface area contributed by atoms with Crippen LogP contribution in [-0.4, -0.2) is 11.2 Å². The summed E-state index contributed by atoms with van der Waals surface area (Å²) in [4.78, 5) is 0. The van der Waals surface area contributed by atoms with Crippen molar-refractivity contribution in [2.24, 2.45) is 17.3 Å². The third-order valence-electron chi connectivity index (χ3n) is 5.98. The molecule has 2 aliphatic carbocycles. The van der Waals surface area contributed by atoms with E-state index in [1.807, 2.05) is 0 Å².